The molecule has 0 N–H and O–H groups in total. The van der Waals surface area contributed by atoms with Gasteiger partial charge in [-0.15, -0.1) is 22.7 Å². The zero-order valence-corrected chi connectivity index (χ0v) is 61.2. The fraction of sp³-hybridized carbons (Fsp3) is 0. The number of benzene rings is 14. The van der Waals surface area contributed by atoms with E-state index >= 15 is 0 Å². The molecule has 0 spiro atoms. The van der Waals surface area contributed by atoms with Crippen LogP contribution in [0.1, 0.15) is 0 Å². The van der Waals surface area contributed by atoms with E-state index in [2.05, 4.69) is 340 Å². The highest BCUT2D eigenvalue weighted by Gasteiger charge is 2.25. The number of hydrogen-bond acceptors (Lipinski definition) is 8. The average Bonchev–Trinajstić information content (AvgIpc) is 1.57. The van der Waals surface area contributed by atoms with Gasteiger partial charge >= 0.3 is 0 Å². The molecule has 0 aliphatic carbocycles. The standard InChI is InChI=1S/2C51H33N3S/c1-5-16-34(17-6-1)40-24-15-25-41(32-40)45-33-44(53-51(54-45)39-22-11-4-12-23-39)35-28-30-36(31-29-35)46-47-42-26-13-14-27-43(42)52-48(37-18-7-2-8-19-37)50(47)55-49(46)38-20-9-3-10-21-38;1-5-15-36(16-6-1)44-33-45(54-51(53-44)41-21-11-4-12-22-41)37-29-25-34(26-30-37)35-27-31-38(32-28-35)46-47-42-23-13-14-24-43(42)52-48(39-17-7-2-8-18-39)50(47)55-49(46)40-19-9-3-10-20-40/h2*1-33H. The molecule has 20 aromatic rings. The largest absolute Gasteiger partial charge is 0.246 e. The predicted octanol–water partition coefficient (Wildman–Crippen LogP) is 27.8. The molecule has 0 unspecified atom stereocenters. The Morgan fingerprint density at radius 3 is 0.818 bits per heavy atom. The lowest BCUT2D eigenvalue weighted by Gasteiger charge is -2.12. The molecule has 0 radical (unpaired) electrons. The van der Waals surface area contributed by atoms with Crippen molar-refractivity contribution in [1.82, 2.24) is 29.9 Å². The van der Waals surface area contributed by atoms with Gasteiger partial charge in [-0.2, -0.15) is 0 Å². The lowest BCUT2D eigenvalue weighted by atomic mass is 9.94. The molecule has 0 saturated heterocycles. The molecule has 0 aliphatic heterocycles. The number of nitrogens with zero attached hydrogens (tertiary/aromatic N) is 6. The van der Waals surface area contributed by atoms with E-state index in [9.17, 15) is 0 Å². The minimum atomic E-state index is 0.699. The minimum absolute atomic E-state index is 0.699. The highest BCUT2D eigenvalue weighted by atomic mass is 32.1. The molecule has 14 aromatic carbocycles. The summed E-state index contributed by atoms with van der Waals surface area (Å²) in [6, 6.07) is 140. The van der Waals surface area contributed by atoms with E-state index < -0.39 is 0 Å². The molecule has 0 amide bonds. The number of pyridine rings is 2. The van der Waals surface area contributed by atoms with Crippen LogP contribution in [0.2, 0.25) is 0 Å². The quantitative estimate of drug-likeness (QED) is 0.108. The Balaban J connectivity index is 0.000000149. The van der Waals surface area contributed by atoms with Crippen LogP contribution < -0.4 is 0 Å². The number of rotatable bonds is 14. The number of fused-ring (bicyclic) bond motifs is 6. The molecule has 20 rings (SSSR count). The summed E-state index contributed by atoms with van der Waals surface area (Å²) < 4.78 is 2.39. The van der Waals surface area contributed by atoms with E-state index in [0.29, 0.717) is 11.6 Å². The fourth-order valence-electron chi connectivity index (χ4n) is 14.8. The Bertz CT molecular complexity index is 6630. The Kier molecular flexibility index (Phi) is 18.0. The molecule has 0 fully saturated rings. The van der Waals surface area contributed by atoms with Crippen molar-refractivity contribution in [2.24, 2.45) is 0 Å². The van der Waals surface area contributed by atoms with Crippen LogP contribution in [0.3, 0.4) is 0 Å². The third-order valence-electron chi connectivity index (χ3n) is 20.2. The average molecular weight is 1440 g/mol. The van der Waals surface area contributed by atoms with Gasteiger partial charge < -0.3 is 0 Å². The van der Waals surface area contributed by atoms with E-state index in [0.717, 1.165) is 117 Å². The Labute approximate surface area is 646 Å². The van der Waals surface area contributed by atoms with Crippen LogP contribution >= 0.6 is 22.7 Å². The first kappa shape index (κ1) is 66.6. The Hall–Kier alpha value is -14.0. The molecular weight excluding hydrogens is 1370 g/mol. The predicted molar refractivity (Wildman–Crippen MR) is 462 cm³/mol. The van der Waals surface area contributed by atoms with Crippen molar-refractivity contribution < 1.29 is 0 Å². The van der Waals surface area contributed by atoms with Gasteiger partial charge in [-0.25, -0.2) is 29.9 Å². The van der Waals surface area contributed by atoms with Crippen molar-refractivity contribution in [3.8, 4) is 156 Å². The fourth-order valence-corrected chi connectivity index (χ4v) is 17.5. The molecule has 110 heavy (non-hydrogen) atoms. The van der Waals surface area contributed by atoms with Gasteiger partial charge in [0.25, 0.3) is 0 Å². The van der Waals surface area contributed by atoms with Crippen molar-refractivity contribution in [3.05, 3.63) is 400 Å². The second-order valence-electron chi connectivity index (χ2n) is 27.1. The number of thiophene rings is 2. The van der Waals surface area contributed by atoms with E-state index in [1.54, 1.807) is 0 Å². The molecule has 8 heteroatoms. The summed E-state index contributed by atoms with van der Waals surface area (Å²) in [5, 5.41) is 4.80. The van der Waals surface area contributed by atoms with Crippen LogP contribution in [-0.4, -0.2) is 29.9 Å². The molecule has 0 aliphatic rings. The Morgan fingerprint density at radius 2 is 0.436 bits per heavy atom. The molecule has 6 nitrogen and oxygen atoms in total. The molecule has 6 aromatic heterocycles. The van der Waals surface area contributed by atoms with Crippen molar-refractivity contribution in [3.63, 3.8) is 0 Å². The maximum Gasteiger partial charge on any atom is 0.160 e. The number of para-hydroxylation sites is 2. The molecule has 0 bridgehead atoms. The molecular formula is C102H66N6S2. The SMILES string of the molecule is c1ccc(-c2cc(-c3ccc(-c4ccc(-c5c(-c6ccccc6)sc6c(-c7ccccc7)nc7ccccc7c56)cc4)cc3)nc(-c3ccccc3)n2)cc1.c1ccc(-c2cccc(-c3cc(-c4ccc(-c5c(-c6ccccc6)sc6c(-c7ccccc7)nc7ccccc7c56)cc4)nc(-c4ccccc4)n3)c2)cc1. The third-order valence-corrected chi connectivity index (χ3v) is 22.7. The second-order valence-corrected chi connectivity index (χ2v) is 29.2. The van der Waals surface area contributed by atoms with E-state index in [-0.39, 0.29) is 0 Å². The van der Waals surface area contributed by atoms with Gasteiger partial charge in [-0.1, -0.05) is 370 Å². The van der Waals surface area contributed by atoms with Gasteiger partial charge in [-0.3, -0.25) is 0 Å². The first-order valence-electron chi connectivity index (χ1n) is 36.9. The van der Waals surface area contributed by atoms with Gasteiger partial charge in [0.2, 0.25) is 0 Å². The maximum atomic E-state index is 5.25. The molecule has 516 valence electrons. The van der Waals surface area contributed by atoms with Crippen molar-refractivity contribution in [2.45, 2.75) is 0 Å². The van der Waals surface area contributed by atoms with E-state index in [4.69, 9.17) is 29.9 Å². The zero-order chi connectivity index (χ0) is 73.1. The van der Waals surface area contributed by atoms with Gasteiger partial charge in [0.15, 0.2) is 11.6 Å². The Morgan fingerprint density at radius 1 is 0.173 bits per heavy atom. The zero-order valence-electron chi connectivity index (χ0n) is 59.6. The lowest BCUT2D eigenvalue weighted by molar-refractivity contribution is 1.18. The van der Waals surface area contributed by atoms with Crippen LogP contribution in [0.15, 0.2) is 400 Å². The molecule has 0 saturated carbocycles. The summed E-state index contributed by atoms with van der Waals surface area (Å²) in [5.74, 6) is 1.41. The van der Waals surface area contributed by atoms with Gasteiger partial charge in [0, 0.05) is 86.9 Å². The summed E-state index contributed by atoms with van der Waals surface area (Å²) in [6.45, 7) is 0. The number of aromatic nitrogens is 6. The lowest BCUT2D eigenvalue weighted by Crippen LogP contribution is -1.96. The van der Waals surface area contributed by atoms with Crippen LogP contribution in [0.4, 0.5) is 0 Å². The summed E-state index contributed by atoms with van der Waals surface area (Å²) in [5.41, 5.74) is 27.8. The van der Waals surface area contributed by atoms with Crippen LogP contribution in [-0.2, 0) is 0 Å². The maximum absolute atomic E-state index is 5.25. The number of hydrogen-bond donors (Lipinski definition) is 0. The highest BCUT2D eigenvalue weighted by Crippen LogP contribution is 2.52. The van der Waals surface area contributed by atoms with Crippen molar-refractivity contribution in [1.29, 1.82) is 0 Å². The molecule has 0 atom stereocenters. The second kappa shape index (κ2) is 29.7. The van der Waals surface area contributed by atoms with Crippen molar-refractivity contribution in [2.75, 3.05) is 0 Å². The monoisotopic (exact) mass is 1440 g/mol. The van der Waals surface area contributed by atoms with Gasteiger partial charge in [0.05, 0.1) is 54.6 Å². The van der Waals surface area contributed by atoms with Crippen LogP contribution in [0.5, 0.6) is 0 Å². The van der Waals surface area contributed by atoms with Gasteiger partial charge in [-0.05, 0) is 74.8 Å². The summed E-state index contributed by atoms with van der Waals surface area (Å²) in [7, 11) is 0. The highest BCUT2D eigenvalue weighted by molar-refractivity contribution is 7.24. The summed E-state index contributed by atoms with van der Waals surface area (Å²) >= 11 is 3.66. The topological polar surface area (TPSA) is 77.3 Å². The van der Waals surface area contributed by atoms with Gasteiger partial charge in [0.1, 0.15) is 0 Å². The van der Waals surface area contributed by atoms with Crippen LogP contribution in [0, 0.1) is 0 Å². The first-order chi connectivity index (χ1) is 54.5. The van der Waals surface area contributed by atoms with E-state index in [1.807, 2.05) is 83.3 Å². The normalized spacial score (nSPS) is 11.3. The smallest absolute Gasteiger partial charge is 0.160 e. The minimum Gasteiger partial charge on any atom is -0.246 e. The van der Waals surface area contributed by atoms with E-state index in [1.165, 1.54) is 68.7 Å². The summed E-state index contributed by atoms with van der Waals surface area (Å²) in [6.07, 6.45) is 0. The van der Waals surface area contributed by atoms with Crippen molar-refractivity contribution >= 4 is 64.7 Å². The first-order valence-corrected chi connectivity index (χ1v) is 38.5. The summed E-state index contributed by atoms with van der Waals surface area (Å²) in [4.78, 5) is 33.2. The van der Waals surface area contributed by atoms with Crippen LogP contribution in [0.25, 0.3) is 198 Å². The molecule has 6 heterocycles. The third kappa shape index (κ3) is 13.2.